The van der Waals surface area contributed by atoms with Crippen molar-refractivity contribution < 1.29 is 19.4 Å². The van der Waals surface area contributed by atoms with Crippen LogP contribution in [0.15, 0.2) is 18.2 Å². The molecule has 1 aromatic carbocycles. The number of fused-ring (bicyclic) bond motifs is 1. The molecule has 4 nitrogen and oxygen atoms in total. The number of carbonyl (C=O) groups is 1. The number of benzene rings is 1. The van der Waals surface area contributed by atoms with E-state index in [9.17, 15) is 4.79 Å². The van der Waals surface area contributed by atoms with E-state index in [1.54, 1.807) is 0 Å². The molecule has 0 spiro atoms. The molecular formula is C14H16O4. The van der Waals surface area contributed by atoms with Crippen molar-refractivity contribution in [3.05, 3.63) is 23.8 Å². The van der Waals surface area contributed by atoms with Gasteiger partial charge in [-0.05, 0) is 42.9 Å². The van der Waals surface area contributed by atoms with Gasteiger partial charge in [-0.2, -0.15) is 0 Å². The number of carboxylic acid groups (broad SMARTS) is 1. The second-order valence-corrected chi connectivity index (χ2v) is 4.95. The Morgan fingerprint density at radius 3 is 2.67 bits per heavy atom. The molecule has 0 bridgehead atoms. The summed E-state index contributed by atoms with van der Waals surface area (Å²) < 4.78 is 11.0. The Balaban J connectivity index is 1.79. The second kappa shape index (κ2) is 4.52. The van der Waals surface area contributed by atoms with Gasteiger partial charge < -0.3 is 14.6 Å². The van der Waals surface area contributed by atoms with Crippen LogP contribution in [0.3, 0.4) is 0 Å². The molecule has 2 unspecified atom stereocenters. The van der Waals surface area contributed by atoms with E-state index in [1.807, 2.05) is 18.2 Å². The fourth-order valence-corrected chi connectivity index (χ4v) is 2.82. The average molecular weight is 248 g/mol. The van der Waals surface area contributed by atoms with Crippen molar-refractivity contribution >= 4 is 5.97 Å². The number of ether oxygens (including phenoxy) is 2. The molecule has 0 saturated heterocycles. The molecule has 1 heterocycles. The van der Waals surface area contributed by atoms with Gasteiger partial charge in [0.05, 0.1) is 5.92 Å². The van der Waals surface area contributed by atoms with E-state index in [4.69, 9.17) is 14.6 Å². The predicted molar refractivity (Wildman–Crippen MR) is 65.1 cm³/mol. The van der Waals surface area contributed by atoms with Crippen LogP contribution in [0.2, 0.25) is 0 Å². The molecule has 0 aromatic heterocycles. The maximum Gasteiger partial charge on any atom is 0.306 e. The first kappa shape index (κ1) is 11.4. The van der Waals surface area contributed by atoms with E-state index in [0.29, 0.717) is 19.1 Å². The largest absolute Gasteiger partial charge is 0.486 e. The number of rotatable bonds is 2. The van der Waals surface area contributed by atoms with Crippen LogP contribution in [0.1, 0.15) is 30.7 Å². The van der Waals surface area contributed by atoms with Crippen LogP contribution in [0.5, 0.6) is 11.5 Å². The lowest BCUT2D eigenvalue weighted by atomic mass is 9.96. The Labute approximate surface area is 106 Å². The van der Waals surface area contributed by atoms with E-state index in [1.165, 1.54) is 5.56 Å². The van der Waals surface area contributed by atoms with Crippen LogP contribution < -0.4 is 9.47 Å². The Morgan fingerprint density at radius 1 is 1.17 bits per heavy atom. The number of hydrogen-bond donors (Lipinski definition) is 1. The van der Waals surface area contributed by atoms with Gasteiger partial charge in [-0.15, -0.1) is 0 Å². The zero-order valence-electron chi connectivity index (χ0n) is 10.1. The summed E-state index contributed by atoms with van der Waals surface area (Å²) in [5, 5.41) is 9.03. The van der Waals surface area contributed by atoms with Crippen LogP contribution in [0, 0.1) is 5.92 Å². The summed E-state index contributed by atoms with van der Waals surface area (Å²) >= 11 is 0. The summed E-state index contributed by atoms with van der Waals surface area (Å²) in [6.07, 6.45) is 2.44. The van der Waals surface area contributed by atoms with Gasteiger partial charge in [-0.1, -0.05) is 6.07 Å². The lowest BCUT2D eigenvalue weighted by Gasteiger charge is -2.20. The topological polar surface area (TPSA) is 55.8 Å². The second-order valence-electron chi connectivity index (χ2n) is 4.95. The molecule has 18 heavy (non-hydrogen) atoms. The van der Waals surface area contributed by atoms with Gasteiger partial charge in [0.25, 0.3) is 0 Å². The lowest BCUT2D eigenvalue weighted by molar-refractivity contribution is -0.141. The maximum absolute atomic E-state index is 11.0. The minimum atomic E-state index is -0.671. The van der Waals surface area contributed by atoms with Crippen LogP contribution in [-0.2, 0) is 4.79 Å². The Hall–Kier alpha value is -1.71. The number of hydrogen-bond acceptors (Lipinski definition) is 3. The van der Waals surface area contributed by atoms with Gasteiger partial charge in [0.1, 0.15) is 13.2 Å². The first-order valence-corrected chi connectivity index (χ1v) is 6.36. The predicted octanol–water partition coefficient (Wildman–Crippen LogP) is 2.43. The maximum atomic E-state index is 11.0. The minimum absolute atomic E-state index is 0.191. The zero-order valence-corrected chi connectivity index (χ0v) is 10.1. The molecule has 2 atom stereocenters. The molecule has 1 aliphatic heterocycles. The van der Waals surface area contributed by atoms with Crippen molar-refractivity contribution in [3.63, 3.8) is 0 Å². The van der Waals surface area contributed by atoms with Gasteiger partial charge in [-0.3, -0.25) is 4.79 Å². The normalized spacial score (nSPS) is 26.0. The average Bonchev–Trinajstić information content (AvgIpc) is 2.88. The van der Waals surface area contributed by atoms with Crippen molar-refractivity contribution in [2.75, 3.05) is 13.2 Å². The highest BCUT2D eigenvalue weighted by Crippen LogP contribution is 2.41. The van der Waals surface area contributed by atoms with Crippen LogP contribution in [-0.4, -0.2) is 24.3 Å². The van der Waals surface area contributed by atoms with Crippen molar-refractivity contribution in [1.29, 1.82) is 0 Å². The first-order chi connectivity index (χ1) is 8.74. The van der Waals surface area contributed by atoms with E-state index in [0.717, 1.165) is 30.8 Å². The Kier molecular flexibility index (Phi) is 2.86. The summed E-state index contributed by atoms with van der Waals surface area (Å²) in [6.45, 7) is 1.18. The van der Waals surface area contributed by atoms with Gasteiger partial charge in [0, 0.05) is 0 Å². The standard InChI is InChI=1S/C14H16O4/c15-14(16)11-2-1-9(7-11)10-3-4-12-13(8-10)18-6-5-17-12/h3-4,8-9,11H,1-2,5-7H2,(H,15,16). The monoisotopic (exact) mass is 248 g/mol. The van der Waals surface area contributed by atoms with Gasteiger partial charge in [-0.25, -0.2) is 0 Å². The third kappa shape index (κ3) is 2.03. The van der Waals surface area contributed by atoms with E-state index < -0.39 is 5.97 Å². The van der Waals surface area contributed by atoms with E-state index >= 15 is 0 Å². The summed E-state index contributed by atoms with van der Waals surface area (Å²) in [6, 6.07) is 5.96. The molecule has 1 saturated carbocycles. The molecule has 0 radical (unpaired) electrons. The van der Waals surface area contributed by atoms with Crippen LogP contribution in [0.4, 0.5) is 0 Å². The molecule has 96 valence electrons. The molecule has 1 aliphatic carbocycles. The van der Waals surface area contributed by atoms with Gasteiger partial charge >= 0.3 is 5.97 Å². The molecule has 1 fully saturated rings. The first-order valence-electron chi connectivity index (χ1n) is 6.36. The molecule has 0 amide bonds. The summed E-state index contributed by atoms with van der Waals surface area (Å²) in [4.78, 5) is 11.0. The van der Waals surface area contributed by atoms with E-state index in [2.05, 4.69) is 0 Å². The highest BCUT2D eigenvalue weighted by molar-refractivity contribution is 5.70. The molecule has 1 aromatic rings. The van der Waals surface area contributed by atoms with Crippen LogP contribution >= 0.6 is 0 Å². The lowest BCUT2D eigenvalue weighted by Crippen LogP contribution is -2.15. The van der Waals surface area contributed by atoms with Crippen molar-refractivity contribution in [1.82, 2.24) is 0 Å². The summed E-state index contributed by atoms with van der Waals surface area (Å²) in [5.41, 5.74) is 1.17. The smallest absolute Gasteiger partial charge is 0.306 e. The quantitative estimate of drug-likeness (QED) is 0.873. The third-order valence-corrected chi connectivity index (χ3v) is 3.82. The van der Waals surface area contributed by atoms with E-state index in [-0.39, 0.29) is 5.92 Å². The molecule has 2 aliphatic rings. The Morgan fingerprint density at radius 2 is 1.94 bits per heavy atom. The summed E-state index contributed by atoms with van der Waals surface area (Å²) in [5.74, 6) is 1.05. The fourth-order valence-electron chi connectivity index (χ4n) is 2.82. The summed E-state index contributed by atoms with van der Waals surface area (Å²) in [7, 11) is 0. The fraction of sp³-hybridized carbons (Fsp3) is 0.500. The molecule has 3 rings (SSSR count). The van der Waals surface area contributed by atoms with Crippen molar-refractivity contribution in [2.45, 2.75) is 25.2 Å². The zero-order chi connectivity index (χ0) is 12.5. The van der Waals surface area contributed by atoms with Crippen LogP contribution in [0.25, 0.3) is 0 Å². The number of carboxylic acids is 1. The third-order valence-electron chi connectivity index (χ3n) is 3.82. The molecule has 4 heteroatoms. The SMILES string of the molecule is O=C(O)C1CCC(c2ccc3c(c2)OCCO3)C1. The van der Waals surface area contributed by atoms with Gasteiger partial charge in [0.15, 0.2) is 11.5 Å². The highest BCUT2D eigenvalue weighted by Gasteiger charge is 2.31. The Bertz CT molecular complexity index is 469. The highest BCUT2D eigenvalue weighted by atomic mass is 16.6. The molecular weight excluding hydrogens is 232 g/mol. The van der Waals surface area contributed by atoms with Gasteiger partial charge in [0.2, 0.25) is 0 Å². The number of aliphatic carboxylic acids is 1. The molecule has 1 N–H and O–H groups in total. The van der Waals surface area contributed by atoms with Crippen molar-refractivity contribution in [3.8, 4) is 11.5 Å². The minimum Gasteiger partial charge on any atom is -0.486 e. The van der Waals surface area contributed by atoms with Crippen molar-refractivity contribution in [2.24, 2.45) is 5.92 Å².